The van der Waals surface area contributed by atoms with E-state index in [2.05, 4.69) is 0 Å². The Morgan fingerprint density at radius 3 is 1.86 bits per heavy atom. The van der Waals surface area contributed by atoms with Gasteiger partial charge < -0.3 is 10.0 Å². The summed E-state index contributed by atoms with van der Waals surface area (Å²) in [4.78, 5) is 13.9. The van der Waals surface area contributed by atoms with Crippen LogP contribution in [0, 0.1) is 11.3 Å². The minimum Gasteiger partial charge on any atom is -0.507 e. The van der Waals surface area contributed by atoms with Crippen LogP contribution in [0.1, 0.15) is 63.0 Å². The molecule has 1 aromatic rings. The van der Waals surface area contributed by atoms with Crippen LogP contribution in [0.5, 0.6) is 5.75 Å². The normalized spacial score (nSPS) is 11.9. The van der Waals surface area contributed by atoms with E-state index >= 15 is 0 Å². The van der Waals surface area contributed by atoms with Gasteiger partial charge in [0.05, 0.1) is 6.07 Å². The number of phenolic OH excluding ortho intramolecular Hbond substituents is 1. The van der Waals surface area contributed by atoms with Crippen molar-refractivity contribution in [3.05, 3.63) is 28.8 Å². The third-order valence-electron chi connectivity index (χ3n) is 3.63. The summed E-state index contributed by atoms with van der Waals surface area (Å²) in [6.45, 7) is 12.0. The minimum atomic E-state index is -0.284. The van der Waals surface area contributed by atoms with Crippen LogP contribution in [0.3, 0.4) is 0 Å². The van der Waals surface area contributed by atoms with Gasteiger partial charge >= 0.3 is 0 Å². The van der Waals surface area contributed by atoms with Crippen LogP contribution in [0.2, 0.25) is 0 Å². The molecule has 0 spiro atoms. The minimum absolute atomic E-state index is 0.0371. The lowest BCUT2D eigenvalue weighted by Gasteiger charge is -2.28. The molecule has 0 saturated carbocycles. The summed E-state index contributed by atoms with van der Waals surface area (Å²) in [5, 5.41) is 19.4. The van der Waals surface area contributed by atoms with E-state index in [4.69, 9.17) is 5.26 Å². The molecule has 0 bridgehead atoms. The monoisotopic (exact) mass is 302 g/mol. The molecule has 0 heterocycles. The number of hydrogen-bond acceptors (Lipinski definition) is 3. The Balaban J connectivity index is 3.56. The molecular formula is C18H26N2O2. The van der Waals surface area contributed by atoms with Gasteiger partial charge in [0.25, 0.3) is 5.91 Å². The highest BCUT2D eigenvalue weighted by Crippen LogP contribution is 2.39. The smallest absolute Gasteiger partial charge is 0.254 e. The summed E-state index contributed by atoms with van der Waals surface area (Å²) in [6.07, 6.45) is 0. The number of amides is 1. The molecule has 4 heteroatoms. The fraction of sp³-hybridized carbons (Fsp3) is 0.556. The number of phenols is 1. The molecule has 0 atom stereocenters. The summed E-state index contributed by atoms with van der Waals surface area (Å²) in [7, 11) is 1.60. The van der Waals surface area contributed by atoms with Crippen molar-refractivity contribution in [2.45, 2.75) is 52.4 Å². The molecule has 120 valence electrons. The second-order valence-electron chi connectivity index (χ2n) is 7.74. The van der Waals surface area contributed by atoms with E-state index in [9.17, 15) is 9.90 Å². The molecule has 0 aliphatic rings. The molecule has 1 rings (SSSR count). The highest BCUT2D eigenvalue weighted by Gasteiger charge is 2.28. The Morgan fingerprint density at radius 1 is 1.14 bits per heavy atom. The molecule has 0 fully saturated rings. The standard InChI is InChI=1S/C18H26N2O2/c1-17(2,3)13-10-12(16(22)20(7)9-8-19)11-14(15(13)21)18(4,5)6/h10-11,21H,9H2,1-7H3. The van der Waals surface area contributed by atoms with Crippen LogP contribution in [-0.4, -0.2) is 29.5 Å². The van der Waals surface area contributed by atoms with Crippen LogP contribution in [-0.2, 0) is 10.8 Å². The van der Waals surface area contributed by atoms with Crippen molar-refractivity contribution in [2.24, 2.45) is 0 Å². The second-order valence-corrected chi connectivity index (χ2v) is 7.74. The lowest BCUT2D eigenvalue weighted by molar-refractivity contribution is 0.0811. The van der Waals surface area contributed by atoms with Gasteiger partial charge in [0.2, 0.25) is 0 Å². The fourth-order valence-electron chi connectivity index (χ4n) is 2.30. The number of hydrogen-bond donors (Lipinski definition) is 1. The van der Waals surface area contributed by atoms with Crippen molar-refractivity contribution < 1.29 is 9.90 Å². The van der Waals surface area contributed by atoms with Gasteiger partial charge in [-0.2, -0.15) is 5.26 Å². The van der Waals surface area contributed by atoms with E-state index in [1.54, 1.807) is 19.2 Å². The first kappa shape index (κ1) is 18.0. The van der Waals surface area contributed by atoms with Gasteiger partial charge in [-0.15, -0.1) is 0 Å². The van der Waals surface area contributed by atoms with Crippen LogP contribution >= 0.6 is 0 Å². The van der Waals surface area contributed by atoms with Crippen molar-refractivity contribution >= 4 is 5.91 Å². The molecule has 0 unspecified atom stereocenters. The van der Waals surface area contributed by atoms with Crippen molar-refractivity contribution in [3.8, 4) is 11.8 Å². The highest BCUT2D eigenvalue weighted by molar-refractivity contribution is 5.95. The zero-order chi connectivity index (χ0) is 17.3. The Labute approximate surface area is 133 Å². The van der Waals surface area contributed by atoms with Gasteiger partial charge in [-0.1, -0.05) is 41.5 Å². The molecule has 0 saturated heterocycles. The summed E-state index contributed by atoms with van der Waals surface area (Å²) in [5.41, 5.74) is 1.43. The predicted octanol–water partition coefficient (Wildman–Crippen LogP) is 3.58. The average Bonchev–Trinajstić information content (AvgIpc) is 2.35. The van der Waals surface area contributed by atoms with E-state index in [1.165, 1.54) is 4.90 Å². The Morgan fingerprint density at radius 2 is 1.55 bits per heavy atom. The van der Waals surface area contributed by atoms with Crippen molar-refractivity contribution in [3.63, 3.8) is 0 Å². The van der Waals surface area contributed by atoms with Crippen LogP contribution in [0.15, 0.2) is 12.1 Å². The zero-order valence-electron chi connectivity index (χ0n) is 14.6. The number of aromatic hydroxyl groups is 1. The Kier molecular flexibility index (Phi) is 4.92. The topological polar surface area (TPSA) is 64.3 Å². The molecule has 0 aliphatic carbocycles. The van der Waals surface area contributed by atoms with Crippen molar-refractivity contribution in [2.75, 3.05) is 13.6 Å². The molecular weight excluding hydrogens is 276 g/mol. The number of nitrogens with zero attached hydrogens (tertiary/aromatic N) is 2. The first-order chi connectivity index (χ1) is 9.89. The fourth-order valence-corrected chi connectivity index (χ4v) is 2.30. The maximum absolute atomic E-state index is 12.5. The molecule has 1 N–H and O–H groups in total. The maximum atomic E-state index is 12.5. The number of benzene rings is 1. The summed E-state index contributed by atoms with van der Waals surface area (Å²) in [6, 6.07) is 5.45. The lowest BCUT2D eigenvalue weighted by Crippen LogP contribution is -2.28. The number of rotatable bonds is 2. The molecule has 0 aromatic heterocycles. The summed E-state index contributed by atoms with van der Waals surface area (Å²) >= 11 is 0. The number of carbonyl (C=O) groups excluding carboxylic acids is 1. The molecule has 22 heavy (non-hydrogen) atoms. The quantitative estimate of drug-likeness (QED) is 0.849. The SMILES string of the molecule is CN(CC#N)C(=O)c1cc(C(C)(C)C)c(O)c(C(C)(C)C)c1. The van der Waals surface area contributed by atoms with Gasteiger partial charge in [0, 0.05) is 23.7 Å². The van der Waals surface area contributed by atoms with Gasteiger partial charge in [0.1, 0.15) is 12.3 Å². The lowest BCUT2D eigenvalue weighted by atomic mass is 9.78. The zero-order valence-corrected chi connectivity index (χ0v) is 14.6. The first-order valence-corrected chi connectivity index (χ1v) is 7.40. The van der Waals surface area contributed by atoms with E-state index in [0.29, 0.717) is 5.56 Å². The van der Waals surface area contributed by atoms with Gasteiger partial charge in [-0.25, -0.2) is 0 Å². The number of carbonyl (C=O) groups is 1. The largest absolute Gasteiger partial charge is 0.507 e. The molecule has 0 aliphatic heterocycles. The van der Waals surface area contributed by atoms with Gasteiger partial charge in [-0.3, -0.25) is 4.79 Å². The Bertz CT molecular complexity index is 578. The highest BCUT2D eigenvalue weighted by atomic mass is 16.3. The van der Waals surface area contributed by atoms with Gasteiger partial charge in [0.15, 0.2) is 0 Å². The van der Waals surface area contributed by atoms with E-state index in [1.807, 2.05) is 47.6 Å². The van der Waals surface area contributed by atoms with E-state index < -0.39 is 0 Å². The van der Waals surface area contributed by atoms with E-state index in [-0.39, 0.29) is 29.0 Å². The molecule has 0 radical (unpaired) electrons. The molecule has 1 aromatic carbocycles. The average molecular weight is 302 g/mol. The van der Waals surface area contributed by atoms with E-state index in [0.717, 1.165) is 11.1 Å². The maximum Gasteiger partial charge on any atom is 0.254 e. The third-order valence-corrected chi connectivity index (χ3v) is 3.63. The van der Waals surface area contributed by atoms with Crippen molar-refractivity contribution in [1.29, 1.82) is 5.26 Å². The number of nitriles is 1. The van der Waals surface area contributed by atoms with Gasteiger partial charge in [-0.05, 0) is 23.0 Å². The first-order valence-electron chi connectivity index (χ1n) is 7.40. The van der Waals surface area contributed by atoms with Crippen LogP contribution in [0.25, 0.3) is 0 Å². The van der Waals surface area contributed by atoms with Crippen LogP contribution in [0.4, 0.5) is 0 Å². The molecule has 1 amide bonds. The third kappa shape index (κ3) is 3.79. The second kappa shape index (κ2) is 6.00. The summed E-state index contributed by atoms with van der Waals surface area (Å²) < 4.78 is 0. The predicted molar refractivity (Wildman–Crippen MR) is 88.1 cm³/mol. The molecule has 4 nitrogen and oxygen atoms in total. The van der Waals surface area contributed by atoms with Crippen molar-refractivity contribution in [1.82, 2.24) is 4.90 Å². The summed E-state index contributed by atoms with van der Waals surface area (Å²) in [5.74, 6) is 0.0389. The van der Waals surface area contributed by atoms with Crippen LogP contribution < -0.4 is 0 Å². The Hall–Kier alpha value is -2.02.